The third kappa shape index (κ3) is 2.17. The van der Waals surface area contributed by atoms with Gasteiger partial charge in [-0.1, -0.05) is 24.3 Å². The van der Waals surface area contributed by atoms with Crippen molar-refractivity contribution in [3.05, 3.63) is 64.5 Å². The predicted molar refractivity (Wildman–Crippen MR) is 74.1 cm³/mol. The largest absolute Gasteiger partial charge is 0.294 e. The van der Waals surface area contributed by atoms with E-state index in [4.69, 9.17) is 0 Å². The third-order valence-corrected chi connectivity index (χ3v) is 3.72. The zero-order valence-corrected chi connectivity index (χ0v) is 10.5. The van der Waals surface area contributed by atoms with Gasteiger partial charge in [-0.3, -0.25) is 9.78 Å². The molecule has 2 heterocycles. The summed E-state index contributed by atoms with van der Waals surface area (Å²) in [5, 5.41) is 3.05. The zero-order valence-electron chi connectivity index (χ0n) is 9.67. The molecule has 0 N–H and O–H groups in total. The first-order valence-corrected chi connectivity index (χ1v) is 6.61. The van der Waals surface area contributed by atoms with E-state index in [-0.39, 0.29) is 5.78 Å². The van der Waals surface area contributed by atoms with Crippen molar-refractivity contribution >= 4 is 28.0 Å². The zero-order chi connectivity index (χ0) is 12.4. The van der Waals surface area contributed by atoms with Gasteiger partial charge in [-0.05, 0) is 23.6 Å². The van der Waals surface area contributed by atoms with Crippen LogP contribution in [0, 0.1) is 0 Å². The summed E-state index contributed by atoms with van der Waals surface area (Å²) in [6, 6.07) is 13.5. The van der Waals surface area contributed by atoms with Crippen LogP contribution in [0.25, 0.3) is 10.9 Å². The highest BCUT2D eigenvalue weighted by atomic mass is 32.1. The van der Waals surface area contributed by atoms with Gasteiger partial charge in [-0.25, -0.2) is 0 Å². The molecule has 0 unspecified atom stereocenters. The van der Waals surface area contributed by atoms with Crippen molar-refractivity contribution < 1.29 is 4.79 Å². The molecule has 3 aromatic rings. The Bertz CT molecular complexity index is 689. The number of hydrogen-bond acceptors (Lipinski definition) is 3. The fourth-order valence-corrected chi connectivity index (χ4v) is 2.62. The van der Waals surface area contributed by atoms with Gasteiger partial charge < -0.3 is 0 Å². The maximum Gasteiger partial charge on any atom is 0.168 e. The molecule has 3 rings (SSSR count). The first kappa shape index (κ1) is 11.1. The Balaban J connectivity index is 1.92. The van der Waals surface area contributed by atoms with Crippen LogP contribution >= 0.6 is 11.3 Å². The smallest absolute Gasteiger partial charge is 0.168 e. The van der Waals surface area contributed by atoms with Crippen molar-refractivity contribution in [2.24, 2.45) is 0 Å². The molecular weight excluding hydrogens is 242 g/mol. The maximum absolute atomic E-state index is 12.1. The lowest BCUT2D eigenvalue weighted by atomic mass is 10.1. The quantitative estimate of drug-likeness (QED) is 0.666. The van der Waals surface area contributed by atoms with Crippen LogP contribution in [0.2, 0.25) is 0 Å². The number of Topliss-reactive ketones (excluding diaryl/α,β-unsaturated/α-hetero) is 1. The van der Waals surface area contributed by atoms with Gasteiger partial charge in [0.05, 0.1) is 5.52 Å². The summed E-state index contributed by atoms with van der Waals surface area (Å²) in [6.45, 7) is 0. The monoisotopic (exact) mass is 253 g/mol. The molecule has 18 heavy (non-hydrogen) atoms. The van der Waals surface area contributed by atoms with Crippen LogP contribution in [0.5, 0.6) is 0 Å². The molecule has 0 aliphatic rings. The second kappa shape index (κ2) is 4.70. The van der Waals surface area contributed by atoms with Gasteiger partial charge in [-0.2, -0.15) is 0 Å². The second-order valence-corrected chi connectivity index (χ2v) is 5.12. The van der Waals surface area contributed by atoms with E-state index in [0.717, 1.165) is 21.3 Å². The number of thiophene rings is 1. The molecule has 0 atom stereocenters. The number of rotatable bonds is 3. The number of nitrogens with zero attached hydrogens (tertiary/aromatic N) is 1. The van der Waals surface area contributed by atoms with Gasteiger partial charge in [0.1, 0.15) is 0 Å². The van der Waals surface area contributed by atoms with E-state index in [1.807, 2.05) is 47.8 Å². The van der Waals surface area contributed by atoms with E-state index in [1.165, 1.54) is 0 Å². The summed E-state index contributed by atoms with van der Waals surface area (Å²) in [4.78, 5) is 17.5. The minimum Gasteiger partial charge on any atom is -0.294 e. The standard InChI is InChI=1S/C15H11NOS/c17-15(10-13-4-2-8-18-13)12-6-5-11-3-1-7-16-14(11)9-12/h1-9H,10H2. The van der Waals surface area contributed by atoms with E-state index in [9.17, 15) is 4.79 Å². The molecule has 88 valence electrons. The molecule has 0 radical (unpaired) electrons. The molecule has 0 saturated heterocycles. The van der Waals surface area contributed by atoms with Crippen LogP contribution in [0.15, 0.2) is 54.0 Å². The number of carbonyl (C=O) groups excluding carboxylic acids is 1. The van der Waals surface area contributed by atoms with Crippen LogP contribution < -0.4 is 0 Å². The lowest BCUT2D eigenvalue weighted by molar-refractivity contribution is 0.0994. The Labute approximate surface area is 109 Å². The molecule has 2 nitrogen and oxygen atoms in total. The lowest BCUT2D eigenvalue weighted by Gasteiger charge is -2.01. The van der Waals surface area contributed by atoms with Gasteiger partial charge in [-0.15, -0.1) is 11.3 Å². The van der Waals surface area contributed by atoms with Gasteiger partial charge in [0, 0.05) is 28.4 Å². The van der Waals surface area contributed by atoms with Gasteiger partial charge >= 0.3 is 0 Å². The fourth-order valence-electron chi connectivity index (χ4n) is 1.91. The second-order valence-electron chi connectivity index (χ2n) is 4.09. The van der Waals surface area contributed by atoms with Crippen molar-refractivity contribution in [1.29, 1.82) is 0 Å². The first-order chi connectivity index (χ1) is 8.83. The molecule has 0 aliphatic carbocycles. The molecule has 3 heteroatoms. The fraction of sp³-hybridized carbons (Fsp3) is 0.0667. The minimum atomic E-state index is 0.144. The summed E-state index contributed by atoms with van der Waals surface area (Å²) in [5.41, 5.74) is 1.60. The molecule has 0 amide bonds. The molecule has 0 spiro atoms. The Hall–Kier alpha value is -2.00. The van der Waals surface area contributed by atoms with E-state index in [1.54, 1.807) is 17.5 Å². The van der Waals surface area contributed by atoms with Crippen molar-refractivity contribution in [1.82, 2.24) is 4.98 Å². The Morgan fingerprint density at radius 3 is 2.94 bits per heavy atom. The number of aromatic nitrogens is 1. The number of hydrogen-bond donors (Lipinski definition) is 0. The number of pyridine rings is 1. The average molecular weight is 253 g/mol. The highest BCUT2D eigenvalue weighted by Gasteiger charge is 2.08. The van der Waals surface area contributed by atoms with Crippen molar-refractivity contribution in [2.75, 3.05) is 0 Å². The number of ketones is 1. The van der Waals surface area contributed by atoms with E-state index in [0.29, 0.717) is 6.42 Å². The highest BCUT2D eigenvalue weighted by molar-refractivity contribution is 7.10. The molecule has 0 aliphatic heterocycles. The Morgan fingerprint density at radius 2 is 2.11 bits per heavy atom. The average Bonchev–Trinajstić information content (AvgIpc) is 2.91. The van der Waals surface area contributed by atoms with Gasteiger partial charge in [0.15, 0.2) is 5.78 Å². The summed E-state index contributed by atoms with van der Waals surface area (Å²) in [7, 11) is 0. The highest BCUT2D eigenvalue weighted by Crippen LogP contribution is 2.16. The number of carbonyl (C=O) groups is 1. The summed E-state index contributed by atoms with van der Waals surface area (Å²) >= 11 is 1.61. The molecular formula is C15H11NOS. The summed E-state index contributed by atoms with van der Waals surface area (Å²) < 4.78 is 0. The van der Waals surface area contributed by atoms with Crippen molar-refractivity contribution in [3.8, 4) is 0 Å². The van der Waals surface area contributed by atoms with E-state index < -0.39 is 0 Å². The van der Waals surface area contributed by atoms with Crippen molar-refractivity contribution in [3.63, 3.8) is 0 Å². The van der Waals surface area contributed by atoms with Crippen LogP contribution in [-0.2, 0) is 6.42 Å². The lowest BCUT2D eigenvalue weighted by Crippen LogP contribution is -2.02. The third-order valence-electron chi connectivity index (χ3n) is 2.84. The first-order valence-electron chi connectivity index (χ1n) is 5.73. The summed E-state index contributed by atoms with van der Waals surface area (Å²) in [6.07, 6.45) is 2.21. The van der Waals surface area contributed by atoms with Crippen LogP contribution in [0.4, 0.5) is 0 Å². The van der Waals surface area contributed by atoms with E-state index >= 15 is 0 Å². The molecule has 1 aromatic carbocycles. The number of fused-ring (bicyclic) bond motifs is 1. The molecule has 0 bridgehead atoms. The SMILES string of the molecule is O=C(Cc1cccs1)c1ccc2cccnc2c1. The Kier molecular flexibility index (Phi) is 2.90. The van der Waals surface area contributed by atoms with Crippen LogP contribution in [0.1, 0.15) is 15.2 Å². The Morgan fingerprint density at radius 1 is 1.17 bits per heavy atom. The van der Waals surface area contributed by atoms with Gasteiger partial charge in [0.2, 0.25) is 0 Å². The normalized spacial score (nSPS) is 10.7. The maximum atomic E-state index is 12.1. The molecule has 2 aromatic heterocycles. The summed E-state index contributed by atoms with van der Waals surface area (Å²) in [5.74, 6) is 0.144. The predicted octanol–water partition coefficient (Wildman–Crippen LogP) is 3.72. The molecule has 0 fully saturated rings. The van der Waals surface area contributed by atoms with E-state index in [2.05, 4.69) is 4.98 Å². The molecule has 0 saturated carbocycles. The van der Waals surface area contributed by atoms with Crippen molar-refractivity contribution in [2.45, 2.75) is 6.42 Å². The minimum absolute atomic E-state index is 0.144. The van der Waals surface area contributed by atoms with Gasteiger partial charge in [0.25, 0.3) is 0 Å². The topological polar surface area (TPSA) is 30.0 Å². The van der Waals surface area contributed by atoms with Crippen LogP contribution in [-0.4, -0.2) is 10.8 Å². The van der Waals surface area contributed by atoms with Crippen LogP contribution in [0.3, 0.4) is 0 Å². The number of benzene rings is 1.